The van der Waals surface area contributed by atoms with Crippen molar-refractivity contribution in [2.75, 3.05) is 44.4 Å². The average molecular weight is 563 g/mol. The van der Waals surface area contributed by atoms with Gasteiger partial charge in [-0.15, -0.1) is 24.0 Å². The van der Waals surface area contributed by atoms with Crippen LogP contribution < -0.4 is 10.2 Å². The zero-order chi connectivity index (χ0) is 20.9. The molecule has 3 rings (SSSR count). The van der Waals surface area contributed by atoms with Gasteiger partial charge in [-0.25, -0.2) is 8.42 Å². The first kappa shape index (κ1) is 24.7. The Kier molecular flexibility index (Phi) is 9.24. The molecule has 0 spiro atoms. The quantitative estimate of drug-likeness (QED) is 0.344. The lowest BCUT2D eigenvalue weighted by atomic mass is 10.1. The number of benzene rings is 2. The summed E-state index contributed by atoms with van der Waals surface area (Å²) >= 11 is 6.32. The Hall–Kier alpha value is -1.52. The zero-order valence-corrected chi connectivity index (χ0v) is 21.1. The standard InChI is InChI=1S/C21H27ClN4O2S.HI/c1-23-21(24-15-17-7-9-18(10-8-17)16-29(2,27)28)26-13-11-25(12-14-26)20-6-4-3-5-19(20)22;/h3-10H,11-16H2,1-2H3,(H,23,24);1H. The van der Waals surface area contributed by atoms with Crippen LogP contribution in [0.2, 0.25) is 5.02 Å². The van der Waals surface area contributed by atoms with E-state index < -0.39 is 9.84 Å². The van der Waals surface area contributed by atoms with E-state index in [1.807, 2.05) is 42.5 Å². The number of aliphatic imine (C=N–C) groups is 1. The highest BCUT2D eigenvalue weighted by molar-refractivity contribution is 14.0. The number of para-hydroxylation sites is 1. The summed E-state index contributed by atoms with van der Waals surface area (Å²) in [6, 6.07) is 15.6. The number of nitrogens with zero attached hydrogens (tertiary/aromatic N) is 3. The van der Waals surface area contributed by atoms with Crippen molar-refractivity contribution in [2.45, 2.75) is 12.3 Å². The normalized spacial score (nSPS) is 15.0. The SMILES string of the molecule is CN=C(NCc1ccc(CS(C)(=O)=O)cc1)N1CCN(c2ccccc2Cl)CC1.I. The molecule has 30 heavy (non-hydrogen) atoms. The summed E-state index contributed by atoms with van der Waals surface area (Å²) in [4.78, 5) is 8.96. The van der Waals surface area contributed by atoms with Crippen molar-refractivity contribution in [3.8, 4) is 0 Å². The molecule has 0 saturated carbocycles. The van der Waals surface area contributed by atoms with Gasteiger partial charge in [0.25, 0.3) is 0 Å². The summed E-state index contributed by atoms with van der Waals surface area (Å²) in [5.74, 6) is 0.932. The van der Waals surface area contributed by atoms with E-state index >= 15 is 0 Å². The second-order valence-corrected chi connectivity index (χ2v) is 9.76. The molecule has 2 aromatic carbocycles. The minimum atomic E-state index is -3.02. The van der Waals surface area contributed by atoms with E-state index in [-0.39, 0.29) is 29.7 Å². The molecule has 1 N–H and O–H groups in total. The summed E-state index contributed by atoms with van der Waals surface area (Å²) in [7, 11) is -1.23. The van der Waals surface area contributed by atoms with E-state index in [4.69, 9.17) is 11.6 Å². The van der Waals surface area contributed by atoms with E-state index in [1.54, 1.807) is 7.05 Å². The molecule has 1 fully saturated rings. The molecule has 164 valence electrons. The molecular weight excluding hydrogens is 535 g/mol. The molecule has 2 aromatic rings. The van der Waals surface area contributed by atoms with Crippen LogP contribution >= 0.6 is 35.6 Å². The molecule has 0 bridgehead atoms. The first-order valence-electron chi connectivity index (χ1n) is 9.56. The number of hydrogen-bond donors (Lipinski definition) is 1. The molecule has 1 heterocycles. The monoisotopic (exact) mass is 562 g/mol. The second-order valence-electron chi connectivity index (χ2n) is 7.21. The third-order valence-electron chi connectivity index (χ3n) is 4.89. The molecule has 6 nitrogen and oxygen atoms in total. The zero-order valence-electron chi connectivity index (χ0n) is 17.2. The van der Waals surface area contributed by atoms with E-state index in [0.29, 0.717) is 6.54 Å². The summed E-state index contributed by atoms with van der Waals surface area (Å²) in [5.41, 5.74) is 2.96. The molecule has 0 amide bonds. The summed E-state index contributed by atoms with van der Waals surface area (Å²) in [6.07, 6.45) is 1.25. The highest BCUT2D eigenvalue weighted by atomic mass is 127. The third kappa shape index (κ3) is 7.02. The lowest BCUT2D eigenvalue weighted by molar-refractivity contribution is 0.372. The fraction of sp³-hybridized carbons (Fsp3) is 0.381. The van der Waals surface area contributed by atoms with Crippen molar-refractivity contribution < 1.29 is 8.42 Å². The number of rotatable bonds is 5. The maximum atomic E-state index is 11.4. The number of hydrogen-bond acceptors (Lipinski definition) is 4. The maximum Gasteiger partial charge on any atom is 0.194 e. The Morgan fingerprint density at radius 1 is 1.03 bits per heavy atom. The number of halogens is 2. The van der Waals surface area contributed by atoms with Gasteiger partial charge in [0.15, 0.2) is 15.8 Å². The van der Waals surface area contributed by atoms with Crippen LogP contribution in [0.3, 0.4) is 0 Å². The fourth-order valence-electron chi connectivity index (χ4n) is 3.44. The van der Waals surface area contributed by atoms with Gasteiger partial charge in [0, 0.05) is 46.0 Å². The summed E-state index contributed by atoms with van der Waals surface area (Å²) in [6.45, 7) is 4.11. The molecule has 1 aliphatic heterocycles. The molecular formula is C21H28ClIN4O2S. The van der Waals surface area contributed by atoms with Gasteiger partial charge in [0.1, 0.15) is 0 Å². The molecule has 0 radical (unpaired) electrons. The third-order valence-corrected chi connectivity index (χ3v) is 6.06. The van der Waals surface area contributed by atoms with E-state index in [1.165, 1.54) is 6.26 Å². The van der Waals surface area contributed by atoms with Crippen molar-refractivity contribution in [1.29, 1.82) is 0 Å². The summed E-state index contributed by atoms with van der Waals surface area (Å²) < 4.78 is 22.8. The fourth-order valence-corrected chi connectivity index (χ4v) is 4.49. The Morgan fingerprint density at radius 2 is 1.63 bits per heavy atom. The second kappa shape index (κ2) is 11.2. The van der Waals surface area contributed by atoms with Crippen LogP contribution in [0.5, 0.6) is 0 Å². The maximum absolute atomic E-state index is 11.4. The summed E-state index contributed by atoms with van der Waals surface area (Å²) in [5, 5.41) is 4.18. The van der Waals surface area contributed by atoms with Crippen molar-refractivity contribution in [1.82, 2.24) is 10.2 Å². The molecule has 0 aliphatic carbocycles. The van der Waals surface area contributed by atoms with Crippen LogP contribution in [-0.2, 0) is 22.1 Å². The molecule has 0 unspecified atom stereocenters. The number of anilines is 1. The van der Waals surface area contributed by atoms with Gasteiger partial charge in [-0.05, 0) is 23.3 Å². The molecule has 9 heteroatoms. The van der Waals surface area contributed by atoms with Gasteiger partial charge in [0.05, 0.1) is 16.5 Å². The van der Waals surface area contributed by atoms with Crippen LogP contribution in [0.15, 0.2) is 53.5 Å². The Bertz CT molecular complexity index is 959. The van der Waals surface area contributed by atoms with Gasteiger partial charge in [0.2, 0.25) is 0 Å². The molecule has 0 aromatic heterocycles. The Morgan fingerprint density at radius 3 is 2.20 bits per heavy atom. The molecule has 1 saturated heterocycles. The Labute approximate surface area is 201 Å². The number of sulfone groups is 1. The van der Waals surface area contributed by atoms with Crippen LogP contribution in [0.4, 0.5) is 5.69 Å². The van der Waals surface area contributed by atoms with Crippen molar-refractivity contribution in [2.24, 2.45) is 4.99 Å². The largest absolute Gasteiger partial charge is 0.367 e. The van der Waals surface area contributed by atoms with Crippen LogP contribution in [0.25, 0.3) is 0 Å². The topological polar surface area (TPSA) is 65.0 Å². The first-order chi connectivity index (χ1) is 13.9. The van der Waals surface area contributed by atoms with Crippen LogP contribution in [0.1, 0.15) is 11.1 Å². The predicted molar refractivity (Wildman–Crippen MR) is 136 cm³/mol. The van der Waals surface area contributed by atoms with E-state index in [2.05, 4.69) is 26.2 Å². The lowest BCUT2D eigenvalue weighted by Crippen LogP contribution is -2.52. The highest BCUT2D eigenvalue weighted by Gasteiger charge is 2.20. The van der Waals surface area contributed by atoms with Gasteiger partial charge >= 0.3 is 0 Å². The van der Waals surface area contributed by atoms with E-state index in [9.17, 15) is 8.42 Å². The molecule has 0 atom stereocenters. The highest BCUT2D eigenvalue weighted by Crippen LogP contribution is 2.26. The van der Waals surface area contributed by atoms with Crippen LogP contribution in [0, 0.1) is 0 Å². The van der Waals surface area contributed by atoms with Gasteiger partial charge < -0.3 is 15.1 Å². The average Bonchev–Trinajstić information content (AvgIpc) is 2.69. The van der Waals surface area contributed by atoms with Gasteiger partial charge in [-0.3, -0.25) is 4.99 Å². The molecule has 1 aliphatic rings. The van der Waals surface area contributed by atoms with Gasteiger partial charge in [-0.1, -0.05) is 48.0 Å². The number of nitrogens with one attached hydrogen (secondary N) is 1. The number of piperazine rings is 1. The van der Waals surface area contributed by atoms with Gasteiger partial charge in [-0.2, -0.15) is 0 Å². The van der Waals surface area contributed by atoms with Crippen molar-refractivity contribution in [3.05, 3.63) is 64.7 Å². The van der Waals surface area contributed by atoms with E-state index in [0.717, 1.165) is 54.0 Å². The van der Waals surface area contributed by atoms with Crippen molar-refractivity contribution >= 4 is 57.1 Å². The lowest BCUT2D eigenvalue weighted by Gasteiger charge is -2.38. The minimum Gasteiger partial charge on any atom is -0.367 e. The number of guanidine groups is 1. The minimum absolute atomic E-state index is 0. The first-order valence-corrected chi connectivity index (χ1v) is 12.0. The van der Waals surface area contributed by atoms with Crippen LogP contribution in [-0.4, -0.2) is 58.8 Å². The van der Waals surface area contributed by atoms with Crippen molar-refractivity contribution in [3.63, 3.8) is 0 Å². The Balaban J connectivity index is 0.00000320. The smallest absolute Gasteiger partial charge is 0.194 e. The predicted octanol–water partition coefficient (Wildman–Crippen LogP) is 3.40.